The highest BCUT2D eigenvalue weighted by Crippen LogP contribution is 2.27. The number of carbonyl (C=O) groups excluding carboxylic acids is 2. The van der Waals surface area contributed by atoms with Gasteiger partial charge in [0, 0.05) is 20.8 Å². The zero-order chi connectivity index (χ0) is 24.8. The van der Waals surface area contributed by atoms with Gasteiger partial charge in [-0.3, -0.25) is 9.59 Å². The van der Waals surface area contributed by atoms with E-state index < -0.39 is 6.04 Å². The molecule has 3 rings (SSSR count). The number of rotatable bonds is 9. The minimum Gasteiger partial charge on any atom is -0.342 e. The molecule has 1 heterocycles. The van der Waals surface area contributed by atoms with Gasteiger partial charge in [-0.15, -0.1) is 10.2 Å². The maximum Gasteiger partial charge on any atom is 0.253 e. The van der Waals surface area contributed by atoms with Gasteiger partial charge in [-0.2, -0.15) is 0 Å². The summed E-state index contributed by atoms with van der Waals surface area (Å²) in [5.74, 6) is 0.382. The largest absolute Gasteiger partial charge is 0.342 e. The second-order valence-electron chi connectivity index (χ2n) is 7.75. The number of hydrogen-bond donors (Lipinski definition) is 2. The molecule has 2 N–H and O–H groups in total. The first-order chi connectivity index (χ1) is 16.2. The summed E-state index contributed by atoms with van der Waals surface area (Å²) in [7, 11) is 0. The summed E-state index contributed by atoms with van der Waals surface area (Å²) in [5, 5.41) is 15.9. The lowest BCUT2D eigenvalue weighted by molar-refractivity contribution is -0.113. The highest BCUT2D eigenvalue weighted by atomic mass is 127. The van der Waals surface area contributed by atoms with Crippen molar-refractivity contribution in [2.24, 2.45) is 5.92 Å². The van der Waals surface area contributed by atoms with Crippen LogP contribution < -0.4 is 10.6 Å². The second kappa shape index (κ2) is 12.2. The molecule has 0 radical (unpaired) electrons. The lowest BCUT2D eigenvalue weighted by Gasteiger charge is -2.22. The van der Waals surface area contributed by atoms with E-state index in [1.165, 1.54) is 17.8 Å². The van der Waals surface area contributed by atoms with Crippen molar-refractivity contribution in [2.45, 2.75) is 38.5 Å². The molecule has 180 valence electrons. The number of nitrogens with zero attached hydrogens (tertiary/aromatic N) is 3. The highest BCUT2D eigenvalue weighted by molar-refractivity contribution is 14.1. The van der Waals surface area contributed by atoms with Crippen molar-refractivity contribution >= 4 is 75.1 Å². The molecule has 0 aliphatic heterocycles. The number of benzene rings is 2. The van der Waals surface area contributed by atoms with E-state index in [-0.39, 0.29) is 28.5 Å². The van der Waals surface area contributed by atoms with Crippen molar-refractivity contribution in [1.29, 1.82) is 0 Å². The number of thioether (sulfide) groups is 1. The van der Waals surface area contributed by atoms with Gasteiger partial charge in [0.1, 0.15) is 0 Å². The molecule has 11 heteroatoms. The predicted octanol–water partition coefficient (Wildman–Crippen LogP) is 6.07. The molecule has 0 aliphatic carbocycles. The predicted molar refractivity (Wildman–Crippen MR) is 146 cm³/mol. The fourth-order valence-corrected chi connectivity index (χ4v) is 4.88. The van der Waals surface area contributed by atoms with Gasteiger partial charge in [-0.25, -0.2) is 0 Å². The molecule has 0 aliphatic rings. The van der Waals surface area contributed by atoms with Gasteiger partial charge in [0.25, 0.3) is 5.91 Å². The molecule has 0 fully saturated rings. The number of amides is 2. The molecule has 0 saturated heterocycles. The summed E-state index contributed by atoms with van der Waals surface area (Å²) in [6.45, 7) is 6.54. The fourth-order valence-electron chi connectivity index (χ4n) is 3.22. The van der Waals surface area contributed by atoms with E-state index in [4.69, 9.17) is 23.2 Å². The molecular weight excluding hydrogens is 608 g/mol. The summed E-state index contributed by atoms with van der Waals surface area (Å²) in [4.78, 5) is 25.3. The van der Waals surface area contributed by atoms with Crippen LogP contribution in [0.25, 0.3) is 0 Å². The summed E-state index contributed by atoms with van der Waals surface area (Å²) >= 11 is 15.7. The highest BCUT2D eigenvalue weighted by Gasteiger charge is 2.27. The van der Waals surface area contributed by atoms with Crippen molar-refractivity contribution in [1.82, 2.24) is 20.1 Å². The van der Waals surface area contributed by atoms with Crippen LogP contribution >= 0.6 is 57.6 Å². The number of anilines is 1. The van der Waals surface area contributed by atoms with Crippen LogP contribution in [0.15, 0.2) is 47.6 Å². The Bertz CT molecular complexity index is 1170. The summed E-state index contributed by atoms with van der Waals surface area (Å²) in [5.41, 5.74) is 1.08. The number of carbonyl (C=O) groups is 2. The Morgan fingerprint density at radius 2 is 1.82 bits per heavy atom. The van der Waals surface area contributed by atoms with Crippen LogP contribution in [0.4, 0.5) is 5.69 Å². The van der Waals surface area contributed by atoms with Crippen LogP contribution in [0.3, 0.4) is 0 Å². The quantitative estimate of drug-likeness (QED) is 0.221. The minimum absolute atomic E-state index is 0.0338. The Morgan fingerprint density at radius 1 is 1.12 bits per heavy atom. The van der Waals surface area contributed by atoms with E-state index in [1.807, 2.05) is 49.6 Å². The van der Waals surface area contributed by atoms with Crippen LogP contribution in [0, 0.1) is 9.49 Å². The smallest absolute Gasteiger partial charge is 0.253 e. The van der Waals surface area contributed by atoms with Gasteiger partial charge in [0.2, 0.25) is 5.91 Å². The molecule has 1 atom stereocenters. The monoisotopic (exact) mass is 631 g/mol. The van der Waals surface area contributed by atoms with Crippen molar-refractivity contribution < 1.29 is 9.59 Å². The Labute approximate surface area is 226 Å². The van der Waals surface area contributed by atoms with Gasteiger partial charge in [-0.1, -0.05) is 48.8 Å². The van der Waals surface area contributed by atoms with Crippen molar-refractivity contribution in [3.8, 4) is 0 Å². The van der Waals surface area contributed by atoms with E-state index in [2.05, 4.69) is 43.4 Å². The lowest BCUT2D eigenvalue weighted by atomic mass is 10.0. The molecule has 0 bridgehead atoms. The molecule has 34 heavy (non-hydrogen) atoms. The molecule has 2 amide bonds. The molecule has 3 aromatic rings. The zero-order valence-corrected chi connectivity index (χ0v) is 23.3. The fraction of sp³-hybridized carbons (Fsp3) is 0.304. The van der Waals surface area contributed by atoms with Gasteiger partial charge < -0.3 is 15.2 Å². The average Bonchev–Trinajstić information content (AvgIpc) is 3.19. The first-order valence-corrected chi connectivity index (χ1v) is 13.4. The van der Waals surface area contributed by atoms with Gasteiger partial charge in [-0.05, 0) is 77.9 Å². The maximum absolute atomic E-state index is 12.9. The molecule has 0 saturated carbocycles. The Balaban J connectivity index is 1.72. The van der Waals surface area contributed by atoms with Crippen LogP contribution in [-0.4, -0.2) is 32.3 Å². The van der Waals surface area contributed by atoms with Crippen LogP contribution in [0.1, 0.15) is 43.0 Å². The first-order valence-electron chi connectivity index (χ1n) is 10.6. The molecule has 1 aromatic heterocycles. The standard InChI is InChI=1S/C23H24Cl2IN5O2S/c1-4-31-21(20(13(2)3)28-22(33)17-10-5-14(24)11-18(17)25)29-30-23(31)34-12-19(32)27-16-8-6-15(26)7-9-16/h5-11,13,20H,4,12H2,1-3H3,(H,27,32)(H,28,33)/t20-/m1/s1. The molecular formula is C23H24Cl2IN5O2S. The van der Waals surface area contributed by atoms with E-state index in [9.17, 15) is 9.59 Å². The normalized spacial score (nSPS) is 12.0. The van der Waals surface area contributed by atoms with Crippen LogP contribution in [0.2, 0.25) is 10.0 Å². The third-order valence-electron chi connectivity index (χ3n) is 4.93. The van der Waals surface area contributed by atoms with Gasteiger partial charge >= 0.3 is 0 Å². The topological polar surface area (TPSA) is 88.9 Å². The Morgan fingerprint density at radius 3 is 2.44 bits per heavy atom. The van der Waals surface area contributed by atoms with Crippen LogP contribution in [0.5, 0.6) is 0 Å². The van der Waals surface area contributed by atoms with Gasteiger partial charge in [0.05, 0.1) is 22.4 Å². The van der Waals surface area contributed by atoms with Gasteiger partial charge in [0.15, 0.2) is 11.0 Å². The maximum atomic E-state index is 12.9. The second-order valence-corrected chi connectivity index (χ2v) is 10.8. The molecule has 0 spiro atoms. The summed E-state index contributed by atoms with van der Waals surface area (Å²) in [6.07, 6.45) is 0. The summed E-state index contributed by atoms with van der Waals surface area (Å²) in [6, 6.07) is 11.9. The Hall–Kier alpha value is -1.82. The van der Waals surface area contributed by atoms with E-state index in [1.54, 1.807) is 12.1 Å². The number of nitrogens with one attached hydrogen (secondary N) is 2. The molecule has 7 nitrogen and oxygen atoms in total. The molecule has 2 aromatic carbocycles. The third kappa shape index (κ3) is 6.87. The van der Waals surface area contributed by atoms with E-state index in [0.717, 1.165) is 9.26 Å². The van der Waals surface area contributed by atoms with Crippen molar-refractivity contribution in [3.05, 3.63) is 67.5 Å². The Kier molecular flexibility index (Phi) is 9.64. The van der Waals surface area contributed by atoms with Crippen molar-refractivity contribution in [3.63, 3.8) is 0 Å². The third-order valence-corrected chi connectivity index (χ3v) is 7.16. The van der Waals surface area contributed by atoms with E-state index in [0.29, 0.717) is 28.1 Å². The average molecular weight is 632 g/mol. The van der Waals surface area contributed by atoms with Crippen LogP contribution in [-0.2, 0) is 11.3 Å². The SMILES string of the molecule is CCn1c(SCC(=O)Nc2ccc(I)cc2)nnc1[C@H](NC(=O)c1ccc(Cl)cc1Cl)C(C)C. The summed E-state index contributed by atoms with van der Waals surface area (Å²) < 4.78 is 3.01. The zero-order valence-electron chi connectivity index (χ0n) is 18.8. The van der Waals surface area contributed by atoms with E-state index >= 15 is 0 Å². The number of aromatic nitrogens is 3. The first kappa shape index (κ1) is 26.8. The lowest BCUT2D eigenvalue weighted by Crippen LogP contribution is -2.34. The van der Waals surface area contributed by atoms with Crippen molar-refractivity contribution in [2.75, 3.05) is 11.1 Å². The molecule has 0 unspecified atom stereocenters. The minimum atomic E-state index is -0.401. The number of hydrogen-bond acceptors (Lipinski definition) is 5. The number of halogens is 3.